The Labute approximate surface area is 112 Å². The van der Waals surface area contributed by atoms with Gasteiger partial charge in [-0.1, -0.05) is 0 Å². The smallest absolute Gasteiger partial charge is 0.271 e. The summed E-state index contributed by atoms with van der Waals surface area (Å²) < 4.78 is 0.0206. The van der Waals surface area contributed by atoms with E-state index in [4.69, 9.17) is 0 Å². The predicted octanol–water partition coefficient (Wildman–Crippen LogP) is 1.78. The van der Waals surface area contributed by atoms with Crippen molar-refractivity contribution in [2.75, 3.05) is 24.7 Å². The van der Waals surface area contributed by atoms with Gasteiger partial charge in [0.15, 0.2) is 5.69 Å². The van der Waals surface area contributed by atoms with E-state index in [1.807, 2.05) is 13.2 Å². The number of aromatic nitrogens is 2. The van der Waals surface area contributed by atoms with E-state index in [9.17, 15) is 4.79 Å². The van der Waals surface area contributed by atoms with Crippen molar-refractivity contribution in [3.63, 3.8) is 0 Å². The van der Waals surface area contributed by atoms with E-state index in [1.54, 1.807) is 23.9 Å². The molecule has 0 unspecified atom stereocenters. The van der Waals surface area contributed by atoms with Crippen molar-refractivity contribution >= 4 is 23.5 Å². The van der Waals surface area contributed by atoms with Crippen molar-refractivity contribution in [3.8, 4) is 0 Å². The molecule has 0 radical (unpaired) electrons. The van der Waals surface area contributed by atoms with E-state index >= 15 is 0 Å². The van der Waals surface area contributed by atoms with Crippen LogP contribution in [0.3, 0.4) is 0 Å². The summed E-state index contributed by atoms with van der Waals surface area (Å²) >= 11 is 1.71. The number of hydrogen-bond acceptors (Lipinski definition) is 5. The van der Waals surface area contributed by atoms with Crippen LogP contribution in [0, 0.1) is 0 Å². The Hall–Kier alpha value is -1.30. The lowest BCUT2D eigenvalue weighted by Crippen LogP contribution is -2.36. The van der Waals surface area contributed by atoms with Gasteiger partial charge in [0.05, 0.1) is 0 Å². The average Bonchev–Trinajstić information content (AvgIpc) is 2.37. The topological polar surface area (TPSA) is 66.9 Å². The molecule has 0 aliphatic heterocycles. The van der Waals surface area contributed by atoms with Crippen molar-refractivity contribution in [2.24, 2.45) is 0 Å². The molecule has 0 aromatic carbocycles. The molecule has 5 nitrogen and oxygen atoms in total. The van der Waals surface area contributed by atoms with Gasteiger partial charge < -0.3 is 10.6 Å². The van der Waals surface area contributed by atoms with E-state index in [0.717, 1.165) is 6.54 Å². The minimum absolute atomic E-state index is 0.0206. The Morgan fingerprint density at radius 3 is 2.61 bits per heavy atom. The fourth-order valence-corrected chi connectivity index (χ4v) is 1.40. The molecule has 0 atom stereocenters. The summed E-state index contributed by atoms with van der Waals surface area (Å²) in [6, 6.07) is 3.43. The lowest BCUT2D eigenvalue weighted by molar-refractivity contribution is 0.0945. The minimum atomic E-state index is -0.187. The van der Waals surface area contributed by atoms with E-state index in [1.165, 1.54) is 0 Å². The molecular weight excluding hydrogens is 248 g/mol. The van der Waals surface area contributed by atoms with Crippen molar-refractivity contribution < 1.29 is 4.79 Å². The van der Waals surface area contributed by atoms with Crippen LogP contribution in [0.15, 0.2) is 12.1 Å². The van der Waals surface area contributed by atoms with Crippen LogP contribution in [0.5, 0.6) is 0 Å². The molecule has 0 spiro atoms. The molecule has 2 N–H and O–H groups in total. The Kier molecular flexibility index (Phi) is 5.40. The van der Waals surface area contributed by atoms with Crippen LogP contribution < -0.4 is 10.6 Å². The van der Waals surface area contributed by atoms with Crippen LogP contribution in [0.4, 0.5) is 5.82 Å². The molecule has 1 aromatic rings. The third-order valence-corrected chi connectivity index (χ3v) is 3.73. The van der Waals surface area contributed by atoms with Crippen LogP contribution in [-0.2, 0) is 0 Å². The SMILES string of the molecule is CCNc1ccc(C(=O)NCC(C)(C)SC)nn1. The number of rotatable bonds is 6. The Bertz CT molecular complexity index is 392. The van der Waals surface area contributed by atoms with Crippen LogP contribution in [0.1, 0.15) is 31.3 Å². The highest BCUT2D eigenvalue weighted by Gasteiger charge is 2.18. The average molecular weight is 268 g/mol. The fourth-order valence-electron chi connectivity index (χ4n) is 1.18. The van der Waals surface area contributed by atoms with Gasteiger partial charge in [-0.15, -0.1) is 10.2 Å². The van der Waals surface area contributed by atoms with Crippen LogP contribution in [-0.4, -0.2) is 40.2 Å². The van der Waals surface area contributed by atoms with Gasteiger partial charge in [-0.2, -0.15) is 11.8 Å². The first-order valence-corrected chi connectivity index (χ1v) is 7.12. The molecule has 6 heteroatoms. The van der Waals surface area contributed by atoms with Crippen LogP contribution in [0.25, 0.3) is 0 Å². The van der Waals surface area contributed by atoms with Crippen molar-refractivity contribution in [1.82, 2.24) is 15.5 Å². The number of nitrogens with one attached hydrogen (secondary N) is 2. The summed E-state index contributed by atoms with van der Waals surface area (Å²) in [4.78, 5) is 11.8. The number of thioether (sulfide) groups is 1. The minimum Gasteiger partial charge on any atom is -0.369 e. The van der Waals surface area contributed by atoms with Gasteiger partial charge in [-0.05, 0) is 39.2 Å². The van der Waals surface area contributed by atoms with Gasteiger partial charge in [-0.3, -0.25) is 4.79 Å². The third-order valence-electron chi connectivity index (χ3n) is 2.48. The molecule has 0 aliphatic rings. The fraction of sp³-hybridized carbons (Fsp3) is 0.583. The molecule has 18 heavy (non-hydrogen) atoms. The van der Waals surface area contributed by atoms with Crippen molar-refractivity contribution in [3.05, 3.63) is 17.8 Å². The zero-order chi connectivity index (χ0) is 13.6. The summed E-state index contributed by atoms with van der Waals surface area (Å²) in [5.74, 6) is 0.492. The van der Waals surface area contributed by atoms with Crippen molar-refractivity contribution in [1.29, 1.82) is 0 Å². The predicted molar refractivity (Wildman–Crippen MR) is 76.1 cm³/mol. The van der Waals surface area contributed by atoms with Gasteiger partial charge >= 0.3 is 0 Å². The second-order valence-corrected chi connectivity index (χ2v) is 5.99. The molecular formula is C12H20N4OS. The summed E-state index contributed by atoms with van der Waals surface area (Å²) in [5, 5.41) is 13.7. The highest BCUT2D eigenvalue weighted by molar-refractivity contribution is 7.99. The van der Waals surface area contributed by atoms with Gasteiger partial charge in [0, 0.05) is 17.8 Å². The third kappa shape index (κ3) is 4.52. The number of hydrogen-bond donors (Lipinski definition) is 2. The maximum atomic E-state index is 11.8. The lowest BCUT2D eigenvalue weighted by atomic mass is 10.2. The second kappa shape index (κ2) is 6.58. The summed E-state index contributed by atoms with van der Waals surface area (Å²) in [6.07, 6.45) is 2.02. The first kappa shape index (κ1) is 14.8. The molecule has 1 aromatic heterocycles. The van der Waals surface area contributed by atoms with E-state index in [-0.39, 0.29) is 10.7 Å². The molecule has 0 saturated carbocycles. The molecule has 1 rings (SSSR count). The van der Waals surface area contributed by atoms with Gasteiger partial charge in [0.1, 0.15) is 5.82 Å². The number of nitrogens with zero attached hydrogens (tertiary/aromatic N) is 2. The molecule has 1 heterocycles. The van der Waals surface area contributed by atoms with Gasteiger partial charge in [-0.25, -0.2) is 0 Å². The molecule has 100 valence electrons. The maximum absolute atomic E-state index is 11.8. The standard InChI is InChI=1S/C12H20N4OS/c1-5-13-10-7-6-9(15-16-10)11(17)14-8-12(2,3)18-4/h6-7H,5,8H2,1-4H3,(H,13,16)(H,14,17). The van der Waals surface area contributed by atoms with Gasteiger partial charge in [0.2, 0.25) is 0 Å². The first-order valence-electron chi connectivity index (χ1n) is 5.89. The highest BCUT2D eigenvalue weighted by Crippen LogP contribution is 2.19. The van der Waals surface area contributed by atoms with E-state index in [2.05, 4.69) is 34.7 Å². The number of amides is 1. The molecule has 1 amide bonds. The summed E-state index contributed by atoms with van der Waals surface area (Å²) in [5.41, 5.74) is 0.341. The number of carbonyl (C=O) groups is 1. The first-order chi connectivity index (χ1) is 8.48. The molecule has 0 aliphatic carbocycles. The number of carbonyl (C=O) groups excluding carboxylic acids is 1. The lowest BCUT2D eigenvalue weighted by Gasteiger charge is -2.21. The van der Waals surface area contributed by atoms with Crippen molar-refractivity contribution in [2.45, 2.75) is 25.5 Å². The zero-order valence-electron chi connectivity index (χ0n) is 11.3. The van der Waals surface area contributed by atoms with Gasteiger partial charge in [0.25, 0.3) is 5.91 Å². The molecule has 0 bridgehead atoms. The van der Waals surface area contributed by atoms with E-state index in [0.29, 0.717) is 18.1 Å². The second-order valence-electron chi connectivity index (χ2n) is 4.48. The Balaban J connectivity index is 2.56. The largest absolute Gasteiger partial charge is 0.369 e. The quantitative estimate of drug-likeness (QED) is 0.823. The summed E-state index contributed by atoms with van der Waals surface area (Å²) in [6.45, 7) is 7.52. The summed E-state index contributed by atoms with van der Waals surface area (Å²) in [7, 11) is 0. The zero-order valence-corrected chi connectivity index (χ0v) is 12.1. The van der Waals surface area contributed by atoms with Crippen LogP contribution in [0.2, 0.25) is 0 Å². The maximum Gasteiger partial charge on any atom is 0.271 e. The van der Waals surface area contributed by atoms with E-state index < -0.39 is 0 Å². The number of anilines is 1. The Morgan fingerprint density at radius 2 is 2.11 bits per heavy atom. The highest BCUT2D eigenvalue weighted by atomic mass is 32.2. The monoisotopic (exact) mass is 268 g/mol. The Morgan fingerprint density at radius 1 is 1.39 bits per heavy atom. The normalized spacial score (nSPS) is 11.1. The molecule has 0 saturated heterocycles. The van der Waals surface area contributed by atoms with Crippen LogP contribution >= 0.6 is 11.8 Å². The molecule has 0 fully saturated rings.